The van der Waals surface area contributed by atoms with Crippen LogP contribution >= 0.6 is 0 Å². The highest BCUT2D eigenvalue weighted by molar-refractivity contribution is 5.81. The number of nitrogens with two attached hydrogens (primary N) is 1. The summed E-state index contributed by atoms with van der Waals surface area (Å²) in [5.74, 6) is 3.14. The van der Waals surface area contributed by atoms with E-state index in [2.05, 4.69) is 63.6 Å². The van der Waals surface area contributed by atoms with Crippen LogP contribution in [0.2, 0.25) is 0 Å². The monoisotopic (exact) mass is 815 g/mol. The van der Waals surface area contributed by atoms with Gasteiger partial charge in [-0.15, -0.1) is 0 Å². The van der Waals surface area contributed by atoms with Crippen molar-refractivity contribution in [2.24, 2.45) is 68.3 Å². The lowest BCUT2D eigenvalue weighted by Gasteiger charge is -2.73. The fraction of sp³-hybridized carbons (Fsp3) is 0.776. The van der Waals surface area contributed by atoms with E-state index in [9.17, 15) is 19.8 Å². The molecular weight excluding hydrogens is 741 g/mol. The van der Waals surface area contributed by atoms with Crippen LogP contribution in [0, 0.1) is 62.6 Å². The lowest BCUT2D eigenvalue weighted by molar-refractivity contribution is -0.257. The molecule has 59 heavy (non-hydrogen) atoms. The van der Waals surface area contributed by atoms with Gasteiger partial charge in [-0.05, 0) is 179 Å². The molecule has 10 nitrogen and oxygen atoms in total. The van der Waals surface area contributed by atoms with Crippen LogP contribution in [0.1, 0.15) is 151 Å². The number of H-pyrrole nitrogens is 1. The average molecular weight is 815 g/mol. The molecule has 6 unspecified atom stereocenters. The van der Waals surface area contributed by atoms with Gasteiger partial charge in [-0.2, -0.15) is 0 Å². The Hall–Kier alpha value is -2.95. The molecule has 1 aromatic heterocycles. The molecular formula is C49H74N4O6. The molecule has 5 aliphatic carbocycles. The third-order valence-corrected chi connectivity index (χ3v) is 18.9. The van der Waals surface area contributed by atoms with Gasteiger partial charge in [-0.3, -0.25) is 14.5 Å². The van der Waals surface area contributed by atoms with Gasteiger partial charge in [-0.25, -0.2) is 4.98 Å². The number of aliphatic hydroxyl groups is 1. The smallest absolute Gasteiger partial charge is 0.309 e. The molecule has 10 heteroatoms. The Morgan fingerprint density at radius 1 is 0.949 bits per heavy atom. The fourth-order valence-electron chi connectivity index (χ4n) is 15.6. The number of nitrogens with zero attached hydrogens (tertiary/aromatic N) is 2. The number of likely N-dealkylation sites (tertiary alicyclic amines) is 1. The number of carbonyl (C=O) groups is 2. The first-order chi connectivity index (χ1) is 27.7. The lowest BCUT2D eigenvalue weighted by Crippen LogP contribution is -2.71. The molecule has 1 aliphatic heterocycles. The van der Waals surface area contributed by atoms with Gasteiger partial charge in [0.25, 0.3) is 0 Å². The van der Waals surface area contributed by atoms with Crippen molar-refractivity contribution >= 4 is 11.9 Å². The summed E-state index contributed by atoms with van der Waals surface area (Å²) in [7, 11) is 1.69. The number of aromatic nitrogens is 2. The Morgan fingerprint density at radius 3 is 2.36 bits per heavy atom. The Kier molecular flexibility index (Phi) is 10.8. The number of aliphatic hydroxyl groups excluding tert-OH is 1. The zero-order chi connectivity index (χ0) is 42.5. The number of carboxylic acids is 1. The predicted octanol–water partition coefficient (Wildman–Crippen LogP) is 9.38. The second kappa shape index (κ2) is 14.9. The van der Waals surface area contributed by atoms with Gasteiger partial charge in [0.2, 0.25) is 0 Å². The van der Waals surface area contributed by atoms with Crippen molar-refractivity contribution in [3.8, 4) is 17.0 Å². The highest BCUT2D eigenvalue weighted by Crippen LogP contribution is 2.77. The van der Waals surface area contributed by atoms with E-state index in [0.29, 0.717) is 36.0 Å². The number of imidazole rings is 1. The largest absolute Gasteiger partial charge is 0.497 e. The molecule has 2 aromatic rings. The van der Waals surface area contributed by atoms with Crippen molar-refractivity contribution in [3.63, 3.8) is 0 Å². The topological polar surface area (TPSA) is 151 Å². The van der Waals surface area contributed by atoms with E-state index in [-0.39, 0.29) is 40.0 Å². The van der Waals surface area contributed by atoms with Crippen LogP contribution in [-0.4, -0.2) is 68.5 Å². The molecule has 2 heterocycles. The minimum absolute atomic E-state index is 0.00534. The van der Waals surface area contributed by atoms with Gasteiger partial charge in [0, 0.05) is 12.0 Å². The first-order valence-electron chi connectivity index (χ1n) is 23.1. The van der Waals surface area contributed by atoms with Crippen LogP contribution in [0.25, 0.3) is 11.3 Å². The number of methoxy groups -OCH3 is 1. The summed E-state index contributed by atoms with van der Waals surface area (Å²) in [4.78, 5) is 36.0. The number of fused-ring (bicyclic) bond motifs is 7. The number of aromatic amines is 1. The molecule has 0 amide bonds. The van der Waals surface area contributed by atoms with Gasteiger partial charge >= 0.3 is 11.9 Å². The summed E-state index contributed by atoms with van der Waals surface area (Å²) >= 11 is 0. The third kappa shape index (κ3) is 6.53. The quantitative estimate of drug-likeness (QED) is 0.172. The molecule has 1 aromatic carbocycles. The summed E-state index contributed by atoms with van der Waals surface area (Å²) in [5.41, 5.74) is 7.64. The van der Waals surface area contributed by atoms with Gasteiger partial charge in [0.1, 0.15) is 23.9 Å². The molecule has 6 aliphatic rings. The summed E-state index contributed by atoms with van der Waals surface area (Å²) in [5, 5.41) is 22.7. The number of nitrogens with one attached hydrogen (secondary N) is 1. The molecule has 0 radical (unpaired) electrons. The molecule has 6 fully saturated rings. The molecule has 5 N–H and O–H groups in total. The summed E-state index contributed by atoms with van der Waals surface area (Å²) < 4.78 is 11.5. The van der Waals surface area contributed by atoms with Crippen molar-refractivity contribution in [1.29, 1.82) is 0 Å². The number of hydrogen-bond acceptors (Lipinski definition) is 8. The van der Waals surface area contributed by atoms with E-state index in [4.69, 9.17) is 20.2 Å². The molecule has 5 saturated carbocycles. The predicted molar refractivity (Wildman–Crippen MR) is 229 cm³/mol. The Labute approximate surface area is 353 Å². The first kappa shape index (κ1) is 42.7. The fourth-order valence-corrected chi connectivity index (χ4v) is 15.6. The second-order valence-electron chi connectivity index (χ2n) is 22.3. The molecule has 0 spiro atoms. The number of carboxylic acid groups (broad SMARTS) is 1. The third-order valence-electron chi connectivity index (χ3n) is 18.9. The number of esters is 1. The minimum atomic E-state index is -1.19. The van der Waals surface area contributed by atoms with E-state index in [0.717, 1.165) is 87.2 Å². The molecule has 8 rings (SSSR count). The van der Waals surface area contributed by atoms with Crippen LogP contribution in [-0.2, 0) is 14.3 Å². The minimum Gasteiger partial charge on any atom is -0.497 e. The summed E-state index contributed by atoms with van der Waals surface area (Å²) in [6.07, 6.45) is 13.4. The second-order valence-corrected chi connectivity index (χ2v) is 22.3. The zero-order valence-corrected chi connectivity index (χ0v) is 37.5. The van der Waals surface area contributed by atoms with Crippen LogP contribution in [0.5, 0.6) is 5.75 Å². The first-order valence-corrected chi connectivity index (χ1v) is 23.1. The number of rotatable bonds is 10. The highest BCUT2D eigenvalue weighted by Gasteiger charge is 2.72. The van der Waals surface area contributed by atoms with Crippen LogP contribution in [0.15, 0.2) is 30.5 Å². The Morgan fingerprint density at radius 2 is 1.68 bits per heavy atom. The van der Waals surface area contributed by atoms with Gasteiger partial charge in [0.05, 0.1) is 42.4 Å². The Bertz CT molecular complexity index is 1890. The SMILES string of the molecule is COc1ccc(-c2cnc([C@@H]3CCCN3C(O)[C@]34CC[C@@H](C(C)C)C3C3CCC5[C@@]6(C)CCC(OC(=O)CC(C)(C)C(=O)O)[C@@](C)(N)C6CC[C@@]5(C)[C@]3(C)CC4)[nH]2)cc1. The normalized spacial score (nSPS) is 41.4. The van der Waals surface area contributed by atoms with Crippen molar-refractivity contribution in [3.05, 3.63) is 36.3 Å². The zero-order valence-electron chi connectivity index (χ0n) is 37.5. The van der Waals surface area contributed by atoms with Gasteiger partial charge in [-0.1, -0.05) is 34.6 Å². The summed E-state index contributed by atoms with van der Waals surface area (Å²) in [6, 6.07) is 8.16. The maximum Gasteiger partial charge on any atom is 0.309 e. The van der Waals surface area contributed by atoms with E-state index < -0.39 is 35.2 Å². The van der Waals surface area contributed by atoms with Crippen LogP contribution in [0.4, 0.5) is 0 Å². The van der Waals surface area contributed by atoms with Crippen molar-refractivity contribution in [1.82, 2.24) is 14.9 Å². The maximum atomic E-state index is 13.2. The molecule has 326 valence electrons. The average Bonchev–Trinajstić information content (AvgIpc) is 3.95. The molecule has 13 atom stereocenters. The van der Waals surface area contributed by atoms with Gasteiger partial charge in [0.15, 0.2) is 0 Å². The highest BCUT2D eigenvalue weighted by atomic mass is 16.5. The number of ether oxygens (including phenoxy) is 2. The van der Waals surface area contributed by atoms with E-state index in [1.807, 2.05) is 18.3 Å². The summed E-state index contributed by atoms with van der Waals surface area (Å²) in [6.45, 7) is 18.8. The standard InChI is InChI=1S/C49H74N4O6/c1-29(2)32-18-23-49(42(55)53-26-10-11-35(53)41-51-28-34(52-41)30-12-14-31(58-9)15-13-30)25-24-46(6)33(40(32)49)16-17-36-45(5)21-20-38(59-39(54)27-44(3,4)43(56)57)48(8,50)37(45)19-22-47(36,46)7/h12-15,28-29,32-33,35-38,40,42,55H,10-11,16-27,50H2,1-9H3,(H,51,52)(H,56,57)/t32-,33?,35-,36?,37?,38?,40?,42?,45+,46+,47+,48-,49-/m0/s1. The van der Waals surface area contributed by atoms with E-state index in [1.165, 1.54) is 12.8 Å². The van der Waals surface area contributed by atoms with Gasteiger partial charge < -0.3 is 30.4 Å². The molecule has 0 bridgehead atoms. The number of hydrogen-bond donors (Lipinski definition) is 4. The number of aliphatic carboxylic acids is 1. The molecule has 1 saturated heterocycles. The maximum absolute atomic E-state index is 13.2. The van der Waals surface area contributed by atoms with Crippen molar-refractivity contribution in [2.75, 3.05) is 13.7 Å². The van der Waals surface area contributed by atoms with E-state index >= 15 is 0 Å². The Balaban J connectivity index is 1.05. The number of carbonyl (C=O) groups excluding carboxylic acids is 1. The van der Waals surface area contributed by atoms with Crippen LogP contribution in [0.3, 0.4) is 0 Å². The van der Waals surface area contributed by atoms with Crippen molar-refractivity contribution in [2.45, 2.75) is 163 Å². The van der Waals surface area contributed by atoms with Crippen LogP contribution < -0.4 is 10.5 Å². The number of benzene rings is 1. The van der Waals surface area contributed by atoms with Crippen molar-refractivity contribution < 1.29 is 29.3 Å². The lowest BCUT2D eigenvalue weighted by atomic mass is 9.32. The van der Waals surface area contributed by atoms with E-state index in [1.54, 1.807) is 21.0 Å².